The minimum atomic E-state index is -4.41. The molecule has 0 aromatic rings. The first-order chi connectivity index (χ1) is 23.9. The molecular formula is C40H82N2O7P+. The molecule has 50 heavy (non-hydrogen) atoms. The third-order valence-electron chi connectivity index (χ3n) is 9.36. The summed E-state index contributed by atoms with van der Waals surface area (Å²) in [5.74, 6) is -0.268. The SMILES string of the molecule is CCCCCCC/C=C\CCCCCCCC(=O)NC(COP(=O)(O)OCC[N+](C)(C)C)C(O)C(O)CCCCCCCCCCCCCC. The zero-order valence-electron chi connectivity index (χ0n) is 33.3. The van der Waals surface area contributed by atoms with Gasteiger partial charge in [0, 0.05) is 6.42 Å². The number of carbonyl (C=O) groups is 1. The Kier molecular flexibility index (Phi) is 32.3. The van der Waals surface area contributed by atoms with E-state index in [2.05, 4.69) is 31.3 Å². The van der Waals surface area contributed by atoms with Crippen LogP contribution in [0.1, 0.15) is 181 Å². The third-order valence-corrected chi connectivity index (χ3v) is 10.3. The van der Waals surface area contributed by atoms with Crippen LogP contribution in [0.2, 0.25) is 0 Å². The van der Waals surface area contributed by atoms with E-state index in [1.54, 1.807) is 0 Å². The van der Waals surface area contributed by atoms with Crippen molar-refractivity contribution < 1.29 is 38.0 Å². The molecule has 4 unspecified atom stereocenters. The normalized spacial score (nSPS) is 15.3. The lowest BCUT2D eigenvalue weighted by molar-refractivity contribution is -0.870. The Morgan fingerprint density at radius 3 is 1.60 bits per heavy atom. The molecule has 0 spiro atoms. The number of likely N-dealkylation sites (N-methyl/N-ethyl adjacent to an activating group) is 1. The van der Waals surface area contributed by atoms with Crippen LogP contribution >= 0.6 is 7.82 Å². The van der Waals surface area contributed by atoms with Crippen molar-refractivity contribution in [2.75, 3.05) is 40.9 Å². The van der Waals surface area contributed by atoms with Crippen LogP contribution in [0.15, 0.2) is 12.2 Å². The summed E-state index contributed by atoms with van der Waals surface area (Å²) in [6, 6.07) is -1.03. The van der Waals surface area contributed by atoms with E-state index in [1.165, 1.54) is 96.3 Å². The standard InChI is InChI=1S/C40H81N2O7P/c1-6-8-10-12-14-16-18-20-21-23-25-27-29-31-33-39(44)41-37(36-49-50(46,47)48-35-34-42(3,4)5)40(45)38(43)32-30-28-26-24-22-19-17-15-13-11-9-7-2/h18,20,37-38,40,43,45H,6-17,19,21-36H2,1-5H3,(H-,41,44,46,47)/p+1/b20-18-. The summed E-state index contributed by atoms with van der Waals surface area (Å²) in [5, 5.41) is 24.6. The van der Waals surface area contributed by atoms with Crippen LogP contribution in [0.25, 0.3) is 0 Å². The topological polar surface area (TPSA) is 125 Å². The van der Waals surface area contributed by atoms with E-state index in [0.717, 1.165) is 57.8 Å². The summed E-state index contributed by atoms with van der Waals surface area (Å²) in [6.07, 6.45) is 31.2. The molecule has 0 aliphatic rings. The molecule has 10 heteroatoms. The number of phosphoric ester groups is 1. The van der Waals surface area contributed by atoms with Crippen LogP contribution in [0.4, 0.5) is 0 Å². The van der Waals surface area contributed by atoms with Crippen LogP contribution in [0.3, 0.4) is 0 Å². The maximum Gasteiger partial charge on any atom is 0.472 e. The van der Waals surface area contributed by atoms with Crippen molar-refractivity contribution in [3.8, 4) is 0 Å². The van der Waals surface area contributed by atoms with E-state index in [1.807, 2.05) is 21.1 Å². The molecule has 0 rings (SSSR count). The van der Waals surface area contributed by atoms with Gasteiger partial charge < -0.3 is 24.9 Å². The minimum Gasteiger partial charge on any atom is -0.390 e. The van der Waals surface area contributed by atoms with E-state index in [9.17, 15) is 24.5 Å². The largest absolute Gasteiger partial charge is 0.472 e. The van der Waals surface area contributed by atoms with Gasteiger partial charge >= 0.3 is 7.82 Å². The molecule has 4 N–H and O–H groups in total. The van der Waals surface area contributed by atoms with Crippen LogP contribution in [-0.4, -0.2) is 84.6 Å². The van der Waals surface area contributed by atoms with Gasteiger partial charge in [-0.05, 0) is 38.5 Å². The lowest BCUT2D eigenvalue weighted by atomic mass is 9.99. The van der Waals surface area contributed by atoms with Gasteiger partial charge in [-0.15, -0.1) is 0 Å². The number of phosphoric acid groups is 1. The maximum absolute atomic E-state index is 12.8. The number of amides is 1. The van der Waals surface area contributed by atoms with Gasteiger partial charge in [0.2, 0.25) is 5.91 Å². The van der Waals surface area contributed by atoms with Crippen molar-refractivity contribution in [2.24, 2.45) is 0 Å². The molecule has 9 nitrogen and oxygen atoms in total. The Bertz CT molecular complexity index is 852. The Morgan fingerprint density at radius 1 is 0.680 bits per heavy atom. The molecule has 0 fully saturated rings. The molecule has 0 aliphatic heterocycles. The van der Waals surface area contributed by atoms with Crippen molar-refractivity contribution in [3.05, 3.63) is 12.2 Å². The first-order valence-electron chi connectivity index (χ1n) is 20.6. The van der Waals surface area contributed by atoms with Gasteiger partial charge in [-0.3, -0.25) is 13.8 Å². The first kappa shape index (κ1) is 49.2. The molecular weight excluding hydrogens is 651 g/mol. The highest BCUT2D eigenvalue weighted by Gasteiger charge is 2.31. The van der Waals surface area contributed by atoms with E-state index in [-0.39, 0.29) is 18.9 Å². The second-order valence-electron chi connectivity index (χ2n) is 15.5. The summed E-state index contributed by atoms with van der Waals surface area (Å²) in [4.78, 5) is 23.1. The number of unbranched alkanes of at least 4 members (excludes halogenated alkanes) is 21. The van der Waals surface area contributed by atoms with Crippen molar-refractivity contribution >= 4 is 13.7 Å². The maximum atomic E-state index is 12.8. The monoisotopic (exact) mass is 734 g/mol. The summed E-state index contributed by atoms with van der Waals surface area (Å²) < 4.78 is 23.4. The van der Waals surface area contributed by atoms with Gasteiger partial charge in [0.05, 0.1) is 39.9 Å². The van der Waals surface area contributed by atoms with Gasteiger partial charge in [0.25, 0.3) is 0 Å². The fourth-order valence-corrected chi connectivity index (χ4v) is 6.70. The minimum absolute atomic E-state index is 0.0217. The molecule has 0 saturated carbocycles. The molecule has 0 aromatic carbocycles. The molecule has 0 saturated heterocycles. The number of rotatable bonds is 37. The van der Waals surface area contributed by atoms with Crippen LogP contribution in [-0.2, 0) is 18.4 Å². The lowest BCUT2D eigenvalue weighted by Crippen LogP contribution is -2.51. The predicted octanol–water partition coefficient (Wildman–Crippen LogP) is 9.77. The molecule has 0 heterocycles. The van der Waals surface area contributed by atoms with Gasteiger partial charge in [0.1, 0.15) is 19.3 Å². The Morgan fingerprint density at radius 2 is 1.12 bits per heavy atom. The summed E-state index contributed by atoms with van der Waals surface area (Å²) in [7, 11) is 1.43. The number of hydrogen-bond donors (Lipinski definition) is 4. The highest BCUT2D eigenvalue weighted by atomic mass is 31.2. The smallest absolute Gasteiger partial charge is 0.390 e. The van der Waals surface area contributed by atoms with E-state index in [4.69, 9.17) is 9.05 Å². The van der Waals surface area contributed by atoms with Crippen molar-refractivity contribution in [1.82, 2.24) is 5.32 Å². The van der Waals surface area contributed by atoms with Crippen LogP contribution in [0, 0.1) is 0 Å². The molecule has 0 aliphatic carbocycles. The number of hydrogen-bond acceptors (Lipinski definition) is 6. The average Bonchev–Trinajstić information content (AvgIpc) is 3.06. The van der Waals surface area contributed by atoms with Gasteiger partial charge in [-0.1, -0.05) is 148 Å². The average molecular weight is 734 g/mol. The van der Waals surface area contributed by atoms with Gasteiger partial charge in [-0.2, -0.15) is 0 Å². The van der Waals surface area contributed by atoms with E-state index in [0.29, 0.717) is 17.4 Å². The highest BCUT2D eigenvalue weighted by molar-refractivity contribution is 7.47. The summed E-state index contributed by atoms with van der Waals surface area (Å²) in [5.41, 5.74) is 0. The number of aliphatic hydroxyl groups excluding tert-OH is 2. The van der Waals surface area contributed by atoms with Crippen molar-refractivity contribution in [2.45, 2.75) is 199 Å². The van der Waals surface area contributed by atoms with Crippen LogP contribution < -0.4 is 5.32 Å². The van der Waals surface area contributed by atoms with Crippen LogP contribution in [0.5, 0.6) is 0 Å². The zero-order valence-corrected chi connectivity index (χ0v) is 34.2. The van der Waals surface area contributed by atoms with E-state index >= 15 is 0 Å². The second kappa shape index (κ2) is 32.8. The molecule has 0 bridgehead atoms. The number of aliphatic hydroxyl groups is 2. The number of carbonyl (C=O) groups excluding carboxylic acids is 1. The molecule has 0 aromatic heterocycles. The molecule has 298 valence electrons. The van der Waals surface area contributed by atoms with Gasteiger partial charge in [0.15, 0.2) is 0 Å². The summed E-state index contributed by atoms with van der Waals surface area (Å²) in [6.45, 7) is 4.57. The Labute approximate surface area is 308 Å². The molecule has 0 radical (unpaired) electrons. The number of nitrogens with one attached hydrogen (secondary N) is 1. The zero-order chi connectivity index (χ0) is 37.4. The quantitative estimate of drug-likeness (QED) is 0.0217. The Balaban J connectivity index is 4.58. The lowest BCUT2D eigenvalue weighted by Gasteiger charge is -2.28. The fourth-order valence-electron chi connectivity index (χ4n) is 5.96. The Hall–Kier alpha value is -0.800. The molecule has 4 atom stereocenters. The first-order valence-corrected chi connectivity index (χ1v) is 22.1. The van der Waals surface area contributed by atoms with Gasteiger partial charge in [-0.25, -0.2) is 4.57 Å². The number of nitrogens with zero attached hydrogens (tertiary/aromatic N) is 1. The predicted molar refractivity (Wildman–Crippen MR) is 209 cm³/mol. The van der Waals surface area contributed by atoms with Crippen molar-refractivity contribution in [3.63, 3.8) is 0 Å². The molecule has 1 amide bonds. The highest BCUT2D eigenvalue weighted by Crippen LogP contribution is 2.43. The van der Waals surface area contributed by atoms with E-state index < -0.39 is 32.7 Å². The number of allylic oxidation sites excluding steroid dienone is 2. The summed E-state index contributed by atoms with van der Waals surface area (Å²) >= 11 is 0. The van der Waals surface area contributed by atoms with Crippen molar-refractivity contribution in [1.29, 1.82) is 0 Å². The third kappa shape index (κ3) is 33.1. The fraction of sp³-hybridized carbons (Fsp3) is 0.925. The second-order valence-corrected chi connectivity index (χ2v) is 17.0. The number of quaternary nitrogens is 1.